The number of aromatic nitrogens is 2. The van der Waals surface area contributed by atoms with Crippen molar-refractivity contribution in [2.24, 2.45) is 0 Å². The van der Waals surface area contributed by atoms with Crippen LogP contribution in [0.1, 0.15) is 37.6 Å². The van der Waals surface area contributed by atoms with Crippen LogP contribution in [-0.4, -0.2) is 16.7 Å². The molecule has 0 saturated carbocycles. The number of rotatable bonds is 2. The van der Waals surface area contributed by atoms with E-state index in [4.69, 9.17) is 16.1 Å². The zero-order valence-corrected chi connectivity index (χ0v) is 11.4. The summed E-state index contributed by atoms with van der Waals surface area (Å²) in [6.45, 7) is 1.01. The quantitative estimate of drug-likeness (QED) is 0.911. The maximum absolute atomic E-state index is 5.97. The molecule has 0 spiro atoms. The van der Waals surface area contributed by atoms with Gasteiger partial charge >= 0.3 is 0 Å². The molecule has 1 fully saturated rings. The third-order valence-corrected chi connectivity index (χ3v) is 3.62. The second kappa shape index (κ2) is 5.72. The average molecular weight is 278 g/mol. The molecule has 1 aliphatic heterocycles. The van der Waals surface area contributed by atoms with Crippen molar-refractivity contribution in [3.8, 4) is 11.4 Å². The van der Waals surface area contributed by atoms with Crippen LogP contribution >= 0.6 is 11.6 Å². The molecule has 100 valence electrons. The molecular weight excluding hydrogens is 262 g/mol. The Balaban J connectivity index is 1.82. The minimum absolute atomic E-state index is 0.183. The highest BCUT2D eigenvalue weighted by Gasteiger charge is 2.20. The van der Waals surface area contributed by atoms with E-state index in [0.29, 0.717) is 16.7 Å². The Morgan fingerprint density at radius 2 is 2.21 bits per heavy atom. The van der Waals surface area contributed by atoms with Crippen molar-refractivity contribution in [1.82, 2.24) is 15.5 Å². The van der Waals surface area contributed by atoms with Crippen LogP contribution in [0, 0.1) is 0 Å². The second-order valence-corrected chi connectivity index (χ2v) is 5.26. The van der Waals surface area contributed by atoms with Gasteiger partial charge in [0.2, 0.25) is 11.7 Å². The molecule has 0 aliphatic carbocycles. The molecule has 1 atom stereocenters. The molecule has 0 radical (unpaired) electrons. The van der Waals surface area contributed by atoms with Crippen molar-refractivity contribution in [1.29, 1.82) is 0 Å². The van der Waals surface area contributed by atoms with E-state index in [-0.39, 0.29) is 6.04 Å². The van der Waals surface area contributed by atoms with E-state index in [9.17, 15) is 0 Å². The van der Waals surface area contributed by atoms with Crippen molar-refractivity contribution in [2.75, 3.05) is 6.54 Å². The first-order valence-electron chi connectivity index (χ1n) is 6.66. The molecule has 2 aromatic rings. The lowest BCUT2D eigenvalue weighted by Gasteiger charge is -2.09. The lowest BCUT2D eigenvalue weighted by molar-refractivity contribution is 0.327. The van der Waals surface area contributed by atoms with Crippen molar-refractivity contribution in [3.63, 3.8) is 0 Å². The van der Waals surface area contributed by atoms with E-state index in [1.54, 1.807) is 0 Å². The van der Waals surface area contributed by atoms with Gasteiger partial charge < -0.3 is 9.84 Å². The molecule has 2 heterocycles. The van der Waals surface area contributed by atoms with Gasteiger partial charge in [0.25, 0.3) is 0 Å². The van der Waals surface area contributed by atoms with E-state index in [1.165, 1.54) is 19.3 Å². The number of halogens is 1. The minimum Gasteiger partial charge on any atom is -0.337 e. The van der Waals surface area contributed by atoms with Gasteiger partial charge in [-0.1, -0.05) is 41.7 Å². The molecule has 5 heteroatoms. The third-order valence-electron chi connectivity index (χ3n) is 3.38. The Morgan fingerprint density at radius 3 is 3.11 bits per heavy atom. The minimum atomic E-state index is 0.183. The summed E-state index contributed by atoms with van der Waals surface area (Å²) in [5.41, 5.74) is 0.885. The summed E-state index contributed by atoms with van der Waals surface area (Å²) < 4.78 is 5.39. The lowest BCUT2D eigenvalue weighted by atomic mass is 10.1. The predicted octanol–water partition coefficient (Wildman–Crippen LogP) is 3.59. The van der Waals surface area contributed by atoms with Crippen LogP contribution in [0.2, 0.25) is 5.02 Å². The van der Waals surface area contributed by atoms with Gasteiger partial charge in [0.1, 0.15) is 0 Å². The molecule has 3 rings (SSSR count). The molecule has 19 heavy (non-hydrogen) atoms. The molecule has 0 bridgehead atoms. The topological polar surface area (TPSA) is 51.0 Å². The molecule has 1 aliphatic rings. The summed E-state index contributed by atoms with van der Waals surface area (Å²) in [6, 6.07) is 7.68. The Labute approximate surface area is 117 Å². The highest BCUT2D eigenvalue weighted by molar-refractivity contribution is 6.30. The first-order chi connectivity index (χ1) is 9.33. The Hall–Kier alpha value is -1.39. The number of nitrogens with zero attached hydrogens (tertiary/aromatic N) is 2. The van der Waals surface area contributed by atoms with Gasteiger partial charge in [-0.15, -0.1) is 0 Å². The normalized spacial score (nSPS) is 20.2. The molecule has 4 nitrogen and oxygen atoms in total. The highest BCUT2D eigenvalue weighted by Crippen LogP contribution is 2.25. The third kappa shape index (κ3) is 2.96. The second-order valence-electron chi connectivity index (χ2n) is 4.82. The lowest BCUT2D eigenvalue weighted by Crippen LogP contribution is -2.20. The summed E-state index contributed by atoms with van der Waals surface area (Å²) >= 11 is 5.97. The van der Waals surface area contributed by atoms with Crippen molar-refractivity contribution in [3.05, 3.63) is 35.2 Å². The van der Waals surface area contributed by atoms with Gasteiger partial charge in [-0.2, -0.15) is 4.98 Å². The van der Waals surface area contributed by atoms with Gasteiger partial charge in [-0.05, 0) is 31.5 Å². The molecule has 1 aromatic carbocycles. The van der Waals surface area contributed by atoms with E-state index in [2.05, 4.69) is 15.5 Å². The highest BCUT2D eigenvalue weighted by atomic mass is 35.5. The van der Waals surface area contributed by atoms with E-state index >= 15 is 0 Å². The number of benzene rings is 1. The van der Waals surface area contributed by atoms with Crippen LogP contribution in [-0.2, 0) is 0 Å². The van der Waals surface area contributed by atoms with E-state index in [0.717, 1.165) is 18.5 Å². The van der Waals surface area contributed by atoms with Crippen LogP contribution in [0.3, 0.4) is 0 Å². The van der Waals surface area contributed by atoms with Crippen LogP contribution in [0.4, 0.5) is 0 Å². The van der Waals surface area contributed by atoms with Crippen LogP contribution in [0.15, 0.2) is 28.8 Å². The standard InChI is InChI=1S/C14H16ClN3O/c15-11-6-4-5-10(9-11)13-17-14(19-18-13)12-7-2-1-3-8-16-12/h4-6,9,12,16H,1-3,7-8H2. The van der Waals surface area contributed by atoms with Crippen LogP contribution in [0.5, 0.6) is 0 Å². The Morgan fingerprint density at radius 1 is 1.26 bits per heavy atom. The molecule has 1 aromatic heterocycles. The Kier molecular flexibility index (Phi) is 3.80. The smallest absolute Gasteiger partial charge is 0.244 e. The first kappa shape index (κ1) is 12.6. The van der Waals surface area contributed by atoms with E-state index < -0.39 is 0 Å². The van der Waals surface area contributed by atoms with Gasteiger partial charge in [0.05, 0.1) is 6.04 Å². The summed E-state index contributed by atoms with van der Waals surface area (Å²) in [5, 5.41) is 8.18. The summed E-state index contributed by atoms with van der Waals surface area (Å²) in [4.78, 5) is 4.49. The SMILES string of the molecule is Clc1cccc(-c2noc(C3CCCCCN3)n2)c1. The molecular formula is C14H16ClN3O. The summed E-state index contributed by atoms with van der Waals surface area (Å²) in [6.07, 6.45) is 4.73. The summed E-state index contributed by atoms with van der Waals surface area (Å²) in [5.74, 6) is 1.28. The number of hydrogen-bond acceptors (Lipinski definition) is 4. The zero-order chi connectivity index (χ0) is 13.1. The maximum Gasteiger partial charge on any atom is 0.244 e. The largest absolute Gasteiger partial charge is 0.337 e. The number of hydrogen-bond donors (Lipinski definition) is 1. The fraction of sp³-hybridized carbons (Fsp3) is 0.429. The van der Waals surface area contributed by atoms with Gasteiger partial charge in [-0.3, -0.25) is 0 Å². The van der Waals surface area contributed by atoms with Crippen molar-refractivity contribution >= 4 is 11.6 Å². The molecule has 1 saturated heterocycles. The van der Waals surface area contributed by atoms with Crippen LogP contribution in [0.25, 0.3) is 11.4 Å². The monoisotopic (exact) mass is 277 g/mol. The van der Waals surface area contributed by atoms with Gasteiger partial charge in [0.15, 0.2) is 0 Å². The fourth-order valence-electron chi connectivity index (χ4n) is 2.36. The average Bonchev–Trinajstić information content (AvgIpc) is 2.75. The fourth-order valence-corrected chi connectivity index (χ4v) is 2.55. The first-order valence-corrected chi connectivity index (χ1v) is 7.03. The van der Waals surface area contributed by atoms with E-state index in [1.807, 2.05) is 24.3 Å². The molecule has 1 unspecified atom stereocenters. The molecule has 0 amide bonds. The Bertz CT molecular complexity index is 547. The van der Waals surface area contributed by atoms with Crippen molar-refractivity contribution < 1.29 is 4.52 Å². The summed E-state index contributed by atoms with van der Waals surface area (Å²) in [7, 11) is 0. The zero-order valence-electron chi connectivity index (χ0n) is 10.6. The van der Waals surface area contributed by atoms with Crippen molar-refractivity contribution in [2.45, 2.75) is 31.7 Å². The van der Waals surface area contributed by atoms with Gasteiger partial charge in [0, 0.05) is 10.6 Å². The maximum atomic E-state index is 5.97. The number of nitrogens with one attached hydrogen (secondary N) is 1. The van der Waals surface area contributed by atoms with Crippen LogP contribution < -0.4 is 5.32 Å². The molecule has 1 N–H and O–H groups in total. The van der Waals surface area contributed by atoms with Gasteiger partial charge in [-0.25, -0.2) is 0 Å². The predicted molar refractivity (Wildman–Crippen MR) is 74.0 cm³/mol.